The number of carbonyl (C=O) groups excluding carboxylic acids is 1. The van der Waals surface area contributed by atoms with Crippen LogP contribution in [0.4, 0.5) is 13.2 Å². The minimum absolute atomic E-state index is 0.0556. The molecule has 0 saturated carbocycles. The van der Waals surface area contributed by atoms with Gasteiger partial charge in [0, 0.05) is 28.4 Å². The molecule has 8 nitrogen and oxygen atoms in total. The van der Waals surface area contributed by atoms with E-state index < -0.39 is 34.2 Å². The summed E-state index contributed by atoms with van der Waals surface area (Å²) in [7, 11) is 0. The number of halogens is 5. The lowest BCUT2D eigenvalue weighted by Crippen LogP contribution is -2.20. The Hall–Kier alpha value is -4.48. The third kappa shape index (κ3) is 5.21. The standard InChI is InChI=1S/C27H15Cl2F3N4O4/c28-15-6-8-20-17(12-15)24(35-36(20)25(37)23-18(27(30,31)32)3-1-4-19(23)29)16-7-5-14(26(38)39)11-21(16)40-13-22-33-9-2-10-34-22/h1-12H,13H2,(H,38,39). The molecule has 2 heterocycles. The smallest absolute Gasteiger partial charge is 0.417 e. The van der Waals surface area contributed by atoms with Crippen molar-refractivity contribution in [1.82, 2.24) is 19.7 Å². The van der Waals surface area contributed by atoms with E-state index in [0.29, 0.717) is 11.2 Å². The highest BCUT2D eigenvalue weighted by atomic mass is 35.5. The summed E-state index contributed by atoms with van der Waals surface area (Å²) in [6.07, 6.45) is -1.85. The van der Waals surface area contributed by atoms with Crippen LogP contribution < -0.4 is 4.74 Å². The number of fused-ring (bicyclic) bond motifs is 1. The van der Waals surface area contributed by atoms with Crippen molar-refractivity contribution in [2.75, 3.05) is 0 Å². The van der Waals surface area contributed by atoms with E-state index in [4.69, 9.17) is 27.9 Å². The molecule has 1 N–H and O–H groups in total. The molecule has 2 aromatic heterocycles. The van der Waals surface area contributed by atoms with Crippen molar-refractivity contribution in [3.05, 3.63) is 106 Å². The van der Waals surface area contributed by atoms with Gasteiger partial charge in [-0.3, -0.25) is 4.79 Å². The average molecular weight is 587 g/mol. The summed E-state index contributed by atoms with van der Waals surface area (Å²) >= 11 is 12.3. The van der Waals surface area contributed by atoms with Gasteiger partial charge >= 0.3 is 12.1 Å². The van der Waals surface area contributed by atoms with Crippen molar-refractivity contribution in [3.8, 4) is 17.0 Å². The van der Waals surface area contributed by atoms with Crippen LogP contribution in [0, 0.1) is 0 Å². The van der Waals surface area contributed by atoms with Gasteiger partial charge in [0.05, 0.1) is 27.2 Å². The second kappa shape index (κ2) is 10.6. The third-order valence-electron chi connectivity index (χ3n) is 5.83. The predicted molar refractivity (Wildman–Crippen MR) is 140 cm³/mol. The number of ether oxygens (including phenoxy) is 1. The normalized spacial score (nSPS) is 11.5. The molecule has 5 rings (SSSR count). The number of rotatable bonds is 6. The molecule has 0 amide bonds. The number of benzene rings is 3. The third-order valence-corrected chi connectivity index (χ3v) is 6.38. The van der Waals surface area contributed by atoms with E-state index in [-0.39, 0.29) is 39.7 Å². The number of carboxylic acid groups (broad SMARTS) is 1. The van der Waals surface area contributed by atoms with E-state index in [1.165, 1.54) is 54.9 Å². The van der Waals surface area contributed by atoms with Crippen LogP contribution >= 0.6 is 23.2 Å². The van der Waals surface area contributed by atoms with E-state index in [1.807, 2.05) is 0 Å². The van der Waals surface area contributed by atoms with E-state index in [0.717, 1.165) is 16.8 Å². The molecule has 5 aromatic rings. The summed E-state index contributed by atoms with van der Waals surface area (Å²) in [6, 6.07) is 13.0. The van der Waals surface area contributed by atoms with Crippen LogP contribution in [-0.2, 0) is 12.8 Å². The maximum atomic E-state index is 13.8. The fourth-order valence-corrected chi connectivity index (χ4v) is 4.47. The van der Waals surface area contributed by atoms with Crippen molar-refractivity contribution in [2.45, 2.75) is 12.8 Å². The van der Waals surface area contributed by atoms with E-state index >= 15 is 0 Å². The first-order valence-electron chi connectivity index (χ1n) is 11.4. The zero-order valence-corrected chi connectivity index (χ0v) is 21.5. The zero-order chi connectivity index (χ0) is 28.6. The second-order valence-corrected chi connectivity index (χ2v) is 9.20. The van der Waals surface area contributed by atoms with Crippen LogP contribution in [0.3, 0.4) is 0 Å². The molecule has 40 heavy (non-hydrogen) atoms. The van der Waals surface area contributed by atoms with E-state index in [9.17, 15) is 27.9 Å². The van der Waals surface area contributed by atoms with Crippen LogP contribution in [0.15, 0.2) is 73.1 Å². The van der Waals surface area contributed by atoms with Crippen LogP contribution in [0.25, 0.3) is 22.2 Å². The minimum atomic E-state index is -4.86. The topological polar surface area (TPSA) is 107 Å². The Morgan fingerprint density at radius 1 is 0.975 bits per heavy atom. The van der Waals surface area contributed by atoms with E-state index in [1.54, 1.807) is 6.07 Å². The van der Waals surface area contributed by atoms with Crippen molar-refractivity contribution >= 4 is 46.0 Å². The van der Waals surface area contributed by atoms with Gasteiger partial charge in [-0.15, -0.1) is 0 Å². The number of hydrogen-bond donors (Lipinski definition) is 1. The molecule has 0 aliphatic carbocycles. The van der Waals surface area contributed by atoms with Crippen LogP contribution in [0.1, 0.15) is 32.1 Å². The molecule has 3 aromatic carbocycles. The quantitative estimate of drug-likeness (QED) is 0.233. The Morgan fingerprint density at radius 2 is 1.73 bits per heavy atom. The summed E-state index contributed by atoms with van der Waals surface area (Å²) in [4.78, 5) is 33.4. The van der Waals surface area contributed by atoms with Gasteiger partial charge in [0.2, 0.25) is 0 Å². The highest BCUT2D eigenvalue weighted by molar-refractivity contribution is 6.34. The number of carbonyl (C=O) groups is 2. The fraction of sp³-hybridized carbons (Fsp3) is 0.0741. The summed E-state index contributed by atoms with van der Waals surface area (Å²) in [5.74, 6) is -1.99. The minimum Gasteiger partial charge on any atom is -0.485 e. The molecule has 0 saturated heterocycles. The van der Waals surface area contributed by atoms with Gasteiger partial charge in [0.15, 0.2) is 5.82 Å². The van der Waals surface area contributed by atoms with Gasteiger partial charge in [-0.2, -0.15) is 23.0 Å². The maximum absolute atomic E-state index is 13.8. The maximum Gasteiger partial charge on any atom is 0.417 e. The first-order chi connectivity index (χ1) is 19.0. The van der Waals surface area contributed by atoms with Gasteiger partial charge in [-0.1, -0.05) is 29.3 Å². The summed E-state index contributed by atoms with van der Waals surface area (Å²) in [5.41, 5.74) is -1.61. The van der Waals surface area contributed by atoms with Gasteiger partial charge in [0.1, 0.15) is 18.1 Å². The lowest BCUT2D eigenvalue weighted by molar-refractivity contribution is -0.137. The van der Waals surface area contributed by atoms with Gasteiger partial charge in [-0.05, 0) is 54.6 Å². The van der Waals surface area contributed by atoms with Gasteiger partial charge < -0.3 is 9.84 Å². The van der Waals surface area contributed by atoms with Crippen molar-refractivity contribution < 1.29 is 32.6 Å². The summed E-state index contributed by atoms with van der Waals surface area (Å²) in [5, 5.41) is 14.0. The highest BCUT2D eigenvalue weighted by Gasteiger charge is 2.37. The number of nitrogens with zero attached hydrogens (tertiary/aromatic N) is 4. The number of carboxylic acids is 1. The monoisotopic (exact) mass is 586 g/mol. The Kier molecular flexibility index (Phi) is 7.17. The summed E-state index contributed by atoms with van der Waals surface area (Å²) < 4.78 is 48.0. The Labute approximate surface area is 233 Å². The molecule has 0 bridgehead atoms. The van der Waals surface area contributed by atoms with Crippen molar-refractivity contribution in [1.29, 1.82) is 0 Å². The van der Waals surface area contributed by atoms with Crippen molar-refractivity contribution in [2.24, 2.45) is 0 Å². The predicted octanol–water partition coefficient (Wildman–Crippen LogP) is 6.78. The molecule has 202 valence electrons. The summed E-state index contributed by atoms with van der Waals surface area (Å²) in [6.45, 7) is -0.135. The molecule has 0 aliphatic rings. The SMILES string of the molecule is O=C(O)c1ccc(-c2nn(C(=O)c3c(Cl)cccc3C(F)(F)F)c3ccc(Cl)cc23)c(OCc2ncccn2)c1. The first-order valence-corrected chi connectivity index (χ1v) is 12.2. The van der Waals surface area contributed by atoms with Crippen LogP contribution in [0.5, 0.6) is 5.75 Å². The fourth-order valence-electron chi connectivity index (χ4n) is 4.04. The molecule has 0 atom stereocenters. The van der Waals surface area contributed by atoms with Gasteiger partial charge in [-0.25, -0.2) is 14.8 Å². The molecular formula is C27H15Cl2F3N4O4. The van der Waals surface area contributed by atoms with E-state index in [2.05, 4.69) is 15.1 Å². The van der Waals surface area contributed by atoms with Gasteiger partial charge in [0.25, 0.3) is 5.91 Å². The molecule has 0 unspecified atom stereocenters. The molecular weight excluding hydrogens is 572 g/mol. The van der Waals surface area contributed by atoms with Crippen molar-refractivity contribution in [3.63, 3.8) is 0 Å². The Balaban J connectivity index is 1.70. The largest absolute Gasteiger partial charge is 0.485 e. The Morgan fingerprint density at radius 3 is 2.42 bits per heavy atom. The highest BCUT2D eigenvalue weighted by Crippen LogP contribution is 2.39. The zero-order valence-electron chi connectivity index (χ0n) is 20.0. The second-order valence-electron chi connectivity index (χ2n) is 8.36. The van der Waals surface area contributed by atoms with Crippen LogP contribution in [-0.4, -0.2) is 36.7 Å². The molecule has 0 aliphatic heterocycles. The molecule has 0 fully saturated rings. The van der Waals surface area contributed by atoms with Crippen LogP contribution in [0.2, 0.25) is 10.0 Å². The average Bonchev–Trinajstić information content (AvgIpc) is 3.29. The Bertz CT molecular complexity index is 1780. The number of hydrogen-bond acceptors (Lipinski definition) is 6. The lowest BCUT2D eigenvalue weighted by atomic mass is 10.0. The molecule has 13 heteroatoms. The molecule has 0 spiro atoms. The molecule has 0 radical (unpaired) electrons. The number of alkyl halides is 3. The number of aromatic carboxylic acids is 1. The number of aromatic nitrogens is 4. The lowest BCUT2D eigenvalue weighted by Gasteiger charge is -2.13. The first kappa shape index (κ1) is 27.1.